The summed E-state index contributed by atoms with van der Waals surface area (Å²) < 4.78 is 29.2. The molecule has 1 aliphatic heterocycles. The molecule has 1 aliphatic rings. The molecule has 4 aromatic rings. The number of benzene rings is 2. The number of piperazine rings is 1. The van der Waals surface area contributed by atoms with Crippen LogP contribution in [-0.2, 0) is 10.0 Å². The van der Waals surface area contributed by atoms with E-state index in [4.69, 9.17) is 11.6 Å². The lowest BCUT2D eigenvalue weighted by atomic mass is 10.1. The Morgan fingerprint density at radius 3 is 2.71 bits per heavy atom. The monoisotopic (exact) mass is 515 g/mol. The summed E-state index contributed by atoms with van der Waals surface area (Å²) in [5.41, 5.74) is 0.758. The Labute approximate surface area is 206 Å². The number of aromatic nitrogens is 1. The molecule has 1 atom stereocenters. The third-order valence-corrected chi connectivity index (χ3v) is 9.25. The van der Waals surface area contributed by atoms with Crippen molar-refractivity contribution >= 4 is 59.9 Å². The maximum Gasteiger partial charge on any atom is 0.264 e. The Hall–Kier alpha value is -2.56. The summed E-state index contributed by atoms with van der Waals surface area (Å²) >= 11 is 7.41. The number of aliphatic hydroxyl groups is 1. The number of sulfonamides is 1. The molecule has 1 N–H and O–H groups in total. The number of pyridine rings is 1. The van der Waals surface area contributed by atoms with E-state index in [-0.39, 0.29) is 43.5 Å². The molecule has 10 heteroatoms. The van der Waals surface area contributed by atoms with Gasteiger partial charge < -0.3 is 10.0 Å². The molecular weight excluding hydrogens is 494 g/mol. The highest BCUT2D eigenvalue weighted by molar-refractivity contribution is 7.89. The predicted molar refractivity (Wildman–Crippen MR) is 134 cm³/mol. The lowest BCUT2D eigenvalue weighted by Crippen LogP contribution is -2.56. The number of thiophene rings is 1. The highest BCUT2D eigenvalue weighted by Gasteiger charge is 2.36. The van der Waals surface area contributed by atoms with E-state index in [9.17, 15) is 18.3 Å². The van der Waals surface area contributed by atoms with Crippen LogP contribution in [0.25, 0.3) is 21.0 Å². The fourth-order valence-corrected chi connectivity index (χ4v) is 6.99. The minimum absolute atomic E-state index is 0.121. The largest absolute Gasteiger partial charge is 0.396 e. The number of carbonyl (C=O) groups excluding carboxylic acids is 1. The van der Waals surface area contributed by atoms with Crippen molar-refractivity contribution in [3.63, 3.8) is 0 Å². The summed E-state index contributed by atoms with van der Waals surface area (Å²) in [6.07, 6.45) is 1.97. The van der Waals surface area contributed by atoms with Crippen molar-refractivity contribution in [2.24, 2.45) is 0 Å². The van der Waals surface area contributed by atoms with E-state index in [0.29, 0.717) is 9.90 Å². The summed E-state index contributed by atoms with van der Waals surface area (Å²) in [6, 6.07) is 15.4. The minimum atomic E-state index is -3.78. The van der Waals surface area contributed by atoms with Crippen LogP contribution in [0.15, 0.2) is 65.7 Å². The maximum absolute atomic E-state index is 13.4. The van der Waals surface area contributed by atoms with Gasteiger partial charge in [0, 0.05) is 43.5 Å². The predicted octanol–water partition coefficient (Wildman–Crippen LogP) is 4.00. The zero-order chi connectivity index (χ0) is 23.9. The molecule has 176 valence electrons. The molecule has 34 heavy (non-hydrogen) atoms. The molecule has 1 fully saturated rings. The van der Waals surface area contributed by atoms with Crippen molar-refractivity contribution in [3.8, 4) is 0 Å². The second kappa shape index (κ2) is 9.24. The quantitative estimate of drug-likeness (QED) is 0.434. The number of hydrogen-bond acceptors (Lipinski definition) is 6. The van der Waals surface area contributed by atoms with Crippen molar-refractivity contribution in [1.82, 2.24) is 14.2 Å². The van der Waals surface area contributed by atoms with Gasteiger partial charge in [-0.1, -0.05) is 23.7 Å². The number of halogens is 1. The molecule has 0 saturated carbocycles. The molecular formula is C24H22ClN3O4S2. The van der Waals surface area contributed by atoms with Gasteiger partial charge in [0.15, 0.2) is 0 Å². The van der Waals surface area contributed by atoms with Gasteiger partial charge in [0.2, 0.25) is 10.0 Å². The molecule has 1 unspecified atom stereocenters. The van der Waals surface area contributed by atoms with E-state index in [0.717, 1.165) is 21.0 Å². The lowest BCUT2D eigenvalue weighted by Gasteiger charge is -2.40. The van der Waals surface area contributed by atoms with Crippen LogP contribution < -0.4 is 0 Å². The second-order valence-corrected chi connectivity index (χ2v) is 11.6. The highest BCUT2D eigenvalue weighted by Crippen LogP contribution is 2.29. The molecule has 2 aromatic heterocycles. The fourth-order valence-electron chi connectivity index (χ4n) is 4.33. The average Bonchev–Trinajstić information content (AvgIpc) is 3.28. The number of nitrogens with zero attached hydrogens (tertiary/aromatic N) is 3. The zero-order valence-electron chi connectivity index (χ0n) is 18.1. The first-order chi connectivity index (χ1) is 16.4. The average molecular weight is 516 g/mol. The molecule has 0 spiro atoms. The number of rotatable bonds is 5. The van der Waals surface area contributed by atoms with Crippen LogP contribution in [0.3, 0.4) is 0 Å². The molecule has 2 aromatic carbocycles. The van der Waals surface area contributed by atoms with Crippen LogP contribution in [0.1, 0.15) is 16.1 Å². The van der Waals surface area contributed by atoms with Gasteiger partial charge in [-0.05, 0) is 59.7 Å². The first kappa shape index (κ1) is 23.2. The highest BCUT2D eigenvalue weighted by atomic mass is 35.5. The number of aliphatic hydroxyl groups excluding tert-OH is 1. The van der Waals surface area contributed by atoms with E-state index in [1.54, 1.807) is 53.6 Å². The van der Waals surface area contributed by atoms with E-state index in [1.165, 1.54) is 15.6 Å². The van der Waals surface area contributed by atoms with Crippen molar-refractivity contribution in [3.05, 3.63) is 70.7 Å². The molecule has 5 rings (SSSR count). The van der Waals surface area contributed by atoms with Gasteiger partial charge in [0.05, 0.1) is 20.0 Å². The van der Waals surface area contributed by atoms with Crippen molar-refractivity contribution in [1.29, 1.82) is 0 Å². The van der Waals surface area contributed by atoms with Gasteiger partial charge >= 0.3 is 0 Å². The minimum Gasteiger partial charge on any atom is -0.396 e. The Kier molecular flexibility index (Phi) is 6.30. The van der Waals surface area contributed by atoms with Crippen molar-refractivity contribution in [2.45, 2.75) is 17.4 Å². The van der Waals surface area contributed by atoms with Crippen LogP contribution in [0, 0.1) is 0 Å². The van der Waals surface area contributed by atoms with Crippen LogP contribution in [0.4, 0.5) is 0 Å². The normalized spacial score (nSPS) is 17.5. The lowest BCUT2D eigenvalue weighted by molar-refractivity contribution is 0.0524. The molecule has 1 saturated heterocycles. The van der Waals surface area contributed by atoms with E-state index in [2.05, 4.69) is 4.98 Å². The van der Waals surface area contributed by atoms with Crippen LogP contribution >= 0.6 is 22.9 Å². The summed E-state index contributed by atoms with van der Waals surface area (Å²) in [5.74, 6) is -0.166. The fraction of sp³-hybridized carbons (Fsp3) is 0.250. The third-order valence-electron chi connectivity index (χ3n) is 6.08. The third kappa shape index (κ3) is 4.30. The maximum atomic E-state index is 13.4. The Morgan fingerprint density at radius 2 is 1.91 bits per heavy atom. The molecule has 7 nitrogen and oxygen atoms in total. The van der Waals surface area contributed by atoms with Gasteiger partial charge in [-0.25, -0.2) is 8.42 Å². The number of carbonyl (C=O) groups is 1. The summed E-state index contributed by atoms with van der Waals surface area (Å²) in [7, 11) is -3.78. The van der Waals surface area contributed by atoms with E-state index >= 15 is 0 Å². The second-order valence-electron chi connectivity index (χ2n) is 8.18. The SMILES string of the molecule is O=C(c1cc2ncccc2s1)N1CCN(S(=O)(=O)c2ccc3cc(Cl)ccc3c2)CC1CCO. The first-order valence-electron chi connectivity index (χ1n) is 10.8. The van der Waals surface area contributed by atoms with Gasteiger partial charge in [0.25, 0.3) is 5.91 Å². The number of fused-ring (bicyclic) bond motifs is 2. The summed E-state index contributed by atoms with van der Waals surface area (Å²) in [4.78, 5) is 20.0. The zero-order valence-corrected chi connectivity index (χ0v) is 20.5. The van der Waals surface area contributed by atoms with E-state index < -0.39 is 16.1 Å². The molecule has 1 amide bonds. The van der Waals surface area contributed by atoms with E-state index in [1.807, 2.05) is 12.1 Å². The molecule has 3 heterocycles. The van der Waals surface area contributed by atoms with Crippen LogP contribution in [0.2, 0.25) is 5.02 Å². The number of amides is 1. The van der Waals surface area contributed by atoms with Gasteiger partial charge in [0.1, 0.15) is 0 Å². The standard InChI is InChI=1S/C24H22ClN3O4S2/c25-18-5-3-17-13-20(6-4-16(17)12-18)34(31,32)27-9-10-28(19(15-27)7-11-29)24(30)23-14-21-22(33-23)2-1-8-26-21/h1-6,8,12-14,19,29H,7,9-11,15H2. The van der Waals surface area contributed by atoms with Gasteiger partial charge in [-0.3, -0.25) is 9.78 Å². The van der Waals surface area contributed by atoms with Crippen molar-refractivity contribution in [2.75, 3.05) is 26.2 Å². The summed E-state index contributed by atoms with van der Waals surface area (Å²) in [5, 5.41) is 11.9. The first-order valence-corrected chi connectivity index (χ1v) is 13.5. The molecule has 0 bridgehead atoms. The number of hydrogen-bond donors (Lipinski definition) is 1. The molecule has 0 radical (unpaired) electrons. The smallest absolute Gasteiger partial charge is 0.264 e. The Balaban J connectivity index is 1.40. The van der Waals surface area contributed by atoms with Crippen LogP contribution in [-0.4, -0.2) is 65.9 Å². The van der Waals surface area contributed by atoms with Gasteiger partial charge in [-0.15, -0.1) is 11.3 Å². The van der Waals surface area contributed by atoms with Crippen LogP contribution in [0.5, 0.6) is 0 Å². The Bertz CT molecular complexity index is 1460. The summed E-state index contributed by atoms with van der Waals surface area (Å²) in [6.45, 7) is 0.398. The van der Waals surface area contributed by atoms with Crippen molar-refractivity contribution < 1.29 is 18.3 Å². The topological polar surface area (TPSA) is 90.8 Å². The van der Waals surface area contributed by atoms with Gasteiger partial charge in [-0.2, -0.15) is 4.31 Å². The molecule has 0 aliphatic carbocycles. The Morgan fingerprint density at radius 1 is 1.12 bits per heavy atom.